The molecule has 164 valence electrons. The molecule has 2 nitrogen and oxygen atoms in total. The molecule has 3 heteroatoms. The molecule has 0 radical (unpaired) electrons. The van der Waals surface area contributed by atoms with Gasteiger partial charge in [-0.05, 0) is 76.1 Å². The van der Waals surface area contributed by atoms with Crippen LogP contribution in [0.4, 0.5) is 0 Å². The largest absolute Gasteiger partial charge is 0.489 e. The minimum atomic E-state index is 0.580. The molecule has 0 bridgehead atoms. The van der Waals surface area contributed by atoms with Crippen molar-refractivity contribution in [3.8, 4) is 5.75 Å². The molecular weight excluding hydrogens is 424 g/mol. The Balaban J connectivity index is 1.52. The number of allylic oxidation sites excluding steroid dienone is 1. The van der Waals surface area contributed by atoms with Crippen molar-refractivity contribution in [1.29, 1.82) is 0 Å². The summed E-state index contributed by atoms with van der Waals surface area (Å²) in [5.74, 6) is 0.923. The highest BCUT2D eigenvalue weighted by Crippen LogP contribution is 2.42. The Labute approximate surface area is 200 Å². The Morgan fingerprint density at radius 3 is 2.18 bits per heavy atom. The molecule has 0 heterocycles. The summed E-state index contributed by atoms with van der Waals surface area (Å²) >= 11 is 1.39. The minimum absolute atomic E-state index is 0.580. The van der Waals surface area contributed by atoms with Crippen LogP contribution in [0, 0.1) is 0 Å². The van der Waals surface area contributed by atoms with Crippen LogP contribution in [0.1, 0.15) is 34.2 Å². The Kier molecular flexibility index (Phi) is 6.61. The Morgan fingerprint density at radius 1 is 0.727 bits per heavy atom. The molecule has 0 aromatic heterocycles. The summed E-state index contributed by atoms with van der Waals surface area (Å²) in [6.45, 7) is 0.580. The highest BCUT2D eigenvalue weighted by Gasteiger charge is 2.22. The van der Waals surface area contributed by atoms with Gasteiger partial charge in [0, 0.05) is 16.9 Å². The molecule has 0 atom stereocenters. The predicted molar refractivity (Wildman–Crippen MR) is 137 cm³/mol. The zero-order valence-corrected chi connectivity index (χ0v) is 19.5. The van der Waals surface area contributed by atoms with Gasteiger partial charge in [0.2, 0.25) is 0 Å². The summed E-state index contributed by atoms with van der Waals surface area (Å²) in [6, 6.07) is 36.3. The highest BCUT2D eigenvalue weighted by molar-refractivity contribution is 7.94. The second-order valence-corrected chi connectivity index (χ2v) is 9.06. The lowest BCUT2D eigenvalue weighted by molar-refractivity contribution is 0.306. The van der Waals surface area contributed by atoms with Crippen LogP contribution < -0.4 is 4.74 Å². The fourth-order valence-corrected chi connectivity index (χ4v) is 4.87. The van der Waals surface area contributed by atoms with Gasteiger partial charge in [-0.15, -0.1) is 0 Å². The normalized spacial score (nSPS) is 13.0. The molecule has 0 amide bonds. The first-order valence-corrected chi connectivity index (χ1v) is 12.0. The third kappa shape index (κ3) is 4.90. The van der Waals surface area contributed by atoms with E-state index in [4.69, 9.17) is 8.92 Å². The maximum absolute atomic E-state index is 6.12. The van der Waals surface area contributed by atoms with Gasteiger partial charge in [-0.1, -0.05) is 78.9 Å². The smallest absolute Gasteiger partial charge is 0.120 e. The van der Waals surface area contributed by atoms with Crippen molar-refractivity contribution in [3.63, 3.8) is 0 Å². The molecule has 5 rings (SSSR count). The minimum Gasteiger partial charge on any atom is -0.489 e. The number of rotatable bonds is 7. The highest BCUT2D eigenvalue weighted by atomic mass is 32.2. The van der Waals surface area contributed by atoms with Crippen LogP contribution in [0.15, 0.2) is 108 Å². The van der Waals surface area contributed by atoms with E-state index >= 15 is 0 Å². The molecule has 0 aliphatic heterocycles. The van der Waals surface area contributed by atoms with Gasteiger partial charge >= 0.3 is 0 Å². The van der Waals surface area contributed by atoms with Crippen molar-refractivity contribution >= 4 is 23.2 Å². The molecule has 33 heavy (non-hydrogen) atoms. The average molecular weight is 451 g/mol. The van der Waals surface area contributed by atoms with E-state index in [1.807, 2.05) is 18.2 Å². The van der Waals surface area contributed by atoms with E-state index in [-0.39, 0.29) is 0 Å². The van der Waals surface area contributed by atoms with E-state index in [0.29, 0.717) is 6.61 Å². The second kappa shape index (κ2) is 10.1. The number of fused-ring (bicyclic) bond motifs is 1. The SMILES string of the molecule is COSc1ccc(C2=C(c3ccccc3)CCc3cc(OCc4ccccc4)ccc32)cc1. The van der Waals surface area contributed by atoms with E-state index in [2.05, 4.69) is 84.9 Å². The monoisotopic (exact) mass is 450 g/mol. The lowest BCUT2D eigenvalue weighted by Crippen LogP contribution is -2.07. The molecule has 4 aromatic carbocycles. The number of benzene rings is 4. The van der Waals surface area contributed by atoms with E-state index in [1.54, 1.807) is 7.11 Å². The van der Waals surface area contributed by atoms with Gasteiger partial charge in [-0.3, -0.25) is 0 Å². The maximum Gasteiger partial charge on any atom is 0.120 e. The molecule has 0 spiro atoms. The summed E-state index contributed by atoms with van der Waals surface area (Å²) in [5, 5.41) is 0. The van der Waals surface area contributed by atoms with Gasteiger partial charge in [0.1, 0.15) is 12.4 Å². The number of aryl methyl sites for hydroxylation is 1. The fourth-order valence-electron chi connectivity index (χ4n) is 4.43. The lowest BCUT2D eigenvalue weighted by Gasteiger charge is -2.25. The zero-order valence-electron chi connectivity index (χ0n) is 18.7. The van der Waals surface area contributed by atoms with E-state index in [1.165, 1.54) is 51.0 Å². The summed E-state index contributed by atoms with van der Waals surface area (Å²) in [4.78, 5) is 1.10. The van der Waals surface area contributed by atoms with E-state index in [9.17, 15) is 0 Å². The van der Waals surface area contributed by atoms with Crippen molar-refractivity contribution < 1.29 is 8.92 Å². The van der Waals surface area contributed by atoms with Crippen molar-refractivity contribution in [2.75, 3.05) is 7.11 Å². The third-order valence-corrected chi connectivity index (χ3v) is 6.62. The second-order valence-electron chi connectivity index (χ2n) is 8.09. The first-order valence-electron chi connectivity index (χ1n) is 11.2. The average Bonchev–Trinajstić information content (AvgIpc) is 2.88. The first kappa shape index (κ1) is 21.6. The molecule has 0 N–H and O–H groups in total. The van der Waals surface area contributed by atoms with Crippen LogP contribution in [0.3, 0.4) is 0 Å². The summed E-state index contributed by atoms with van der Waals surface area (Å²) < 4.78 is 11.3. The molecule has 0 saturated heterocycles. The molecule has 0 fully saturated rings. The predicted octanol–water partition coefficient (Wildman–Crippen LogP) is 7.82. The van der Waals surface area contributed by atoms with Gasteiger partial charge in [-0.2, -0.15) is 0 Å². The summed E-state index contributed by atoms with van der Waals surface area (Å²) in [7, 11) is 1.70. The molecule has 1 aliphatic rings. The van der Waals surface area contributed by atoms with Crippen molar-refractivity contribution in [2.45, 2.75) is 24.3 Å². The topological polar surface area (TPSA) is 18.5 Å². The van der Waals surface area contributed by atoms with Crippen LogP contribution in [0.25, 0.3) is 11.1 Å². The third-order valence-electron chi connectivity index (χ3n) is 5.99. The van der Waals surface area contributed by atoms with Crippen LogP contribution >= 0.6 is 12.0 Å². The zero-order chi connectivity index (χ0) is 22.5. The van der Waals surface area contributed by atoms with Gasteiger partial charge in [-0.25, -0.2) is 0 Å². The number of hydrogen-bond donors (Lipinski definition) is 0. The molecule has 1 aliphatic carbocycles. The van der Waals surface area contributed by atoms with Gasteiger partial charge in [0.05, 0.1) is 7.11 Å². The quantitative estimate of drug-likeness (QED) is 0.267. The fraction of sp³-hybridized carbons (Fsp3) is 0.133. The number of ether oxygens (including phenoxy) is 1. The van der Waals surface area contributed by atoms with E-state index < -0.39 is 0 Å². The standard InChI is InChI=1S/C30H26O2S/c1-31-33-27-16-12-24(13-17-27)30-28(23-10-6-3-7-11-23)18-14-25-20-26(15-19-29(25)30)32-21-22-8-4-2-5-9-22/h2-13,15-17,19-20H,14,18,21H2,1H3. The van der Waals surface area contributed by atoms with Crippen molar-refractivity contribution in [3.05, 3.63) is 131 Å². The Bertz CT molecular complexity index is 1250. The van der Waals surface area contributed by atoms with Crippen LogP contribution in [0.2, 0.25) is 0 Å². The maximum atomic E-state index is 6.12. The van der Waals surface area contributed by atoms with E-state index in [0.717, 1.165) is 23.5 Å². The molecule has 4 aromatic rings. The van der Waals surface area contributed by atoms with Crippen molar-refractivity contribution in [1.82, 2.24) is 0 Å². The van der Waals surface area contributed by atoms with Crippen LogP contribution in [-0.2, 0) is 17.2 Å². The van der Waals surface area contributed by atoms with Gasteiger partial charge < -0.3 is 8.92 Å². The molecule has 0 saturated carbocycles. The molecule has 0 unspecified atom stereocenters. The lowest BCUT2D eigenvalue weighted by atomic mass is 9.79. The van der Waals surface area contributed by atoms with Crippen LogP contribution in [0.5, 0.6) is 5.75 Å². The van der Waals surface area contributed by atoms with Crippen LogP contribution in [-0.4, -0.2) is 7.11 Å². The first-order chi connectivity index (χ1) is 16.3. The summed E-state index contributed by atoms with van der Waals surface area (Å²) in [5.41, 5.74) is 9.03. The summed E-state index contributed by atoms with van der Waals surface area (Å²) in [6.07, 6.45) is 2.01. The van der Waals surface area contributed by atoms with Gasteiger partial charge in [0.25, 0.3) is 0 Å². The van der Waals surface area contributed by atoms with Gasteiger partial charge in [0.15, 0.2) is 0 Å². The Morgan fingerprint density at radius 2 is 1.45 bits per heavy atom. The van der Waals surface area contributed by atoms with Crippen molar-refractivity contribution in [2.24, 2.45) is 0 Å². The molecular formula is C30H26O2S. The Hall–Kier alpha value is -3.27. The number of hydrogen-bond acceptors (Lipinski definition) is 3.